The van der Waals surface area contributed by atoms with E-state index in [1.807, 2.05) is 0 Å². The maximum absolute atomic E-state index is 14.1. The SMILES string of the molecule is [C-]#[N+]C[C@H]1CN(c2nc(OC[C@@H]3CC(F)(F)CN3C)nc3c2CCN(c2cccc4cccc(C)c24)C3)CCN1C(=O)/C=C/CO. The van der Waals surface area contributed by atoms with E-state index in [0.717, 1.165) is 23.5 Å². The van der Waals surface area contributed by atoms with Gasteiger partial charge in [0.25, 0.3) is 5.92 Å². The standard InChI is InChI=1S/C34H39F2N7O3/c1-23-7-4-8-24-9-5-10-29(31(23)24)41-13-12-27-28(20-41)38-33(46-21-25-17-34(35,36)22-40(25)3)39-32(27)42-14-15-43(26(19-42)18-37-2)30(45)11-6-16-44/h4-11,25-26,44H,12-22H2,1,3H3/b11-6+/t25-,26-/m0/s1. The summed E-state index contributed by atoms with van der Waals surface area (Å²) in [5.41, 5.74) is 4.12. The van der Waals surface area contributed by atoms with Crippen LogP contribution in [-0.2, 0) is 17.8 Å². The van der Waals surface area contributed by atoms with Crippen molar-refractivity contribution in [2.75, 3.05) is 69.3 Å². The summed E-state index contributed by atoms with van der Waals surface area (Å²) >= 11 is 0. The van der Waals surface area contributed by atoms with Crippen molar-refractivity contribution in [2.45, 2.75) is 44.3 Å². The minimum absolute atomic E-state index is 0.0381. The van der Waals surface area contributed by atoms with Crippen LogP contribution in [0.5, 0.6) is 6.01 Å². The van der Waals surface area contributed by atoms with Gasteiger partial charge >= 0.3 is 6.01 Å². The van der Waals surface area contributed by atoms with Gasteiger partial charge < -0.3 is 29.4 Å². The molecule has 1 N–H and O–H groups in total. The normalized spacial score (nSPS) is 21.5. The van der Waals surface area contributed by atoms with Crippen molar-refractivity contribution < 1.29 is 23.4 Å². The molecule has 0 spiro atoms. The second-order valence-corrected chi connectivity index (χ2v) is 12.4. The van der Waals surface area contributed by atoms with Crippen molar-refractivity contribution >= 4 is 28.2 Å². The first-order valence-electron chi connectivity index (χ1n) is 15.7. The van der Waals surface area contributed by atoms with Crippen LogP contribution in [0.4, 0.5) is 20.3 Å². The van der Waals surface area contributed by atoms with Crippen molar-refractivity contribution in [1.82, 2.24) is 19.8 Å². The number of aliphatic hydroxyl groups excluding tert-OH is 1. The second kappa shape index (κ2) is 13.2. The Kier molecular flexibility index (Phi) is 9.06. The number of ether oxygens (including phenoxy) is 1. The number of benzene rings is 2. The van der Waals surface area contributed by atoms with Crippen molar-refractivity contribution in [3.05, 3.63) is 76.8 Å². The Bertz CT molecular complexity index is 1670. The van der Waals surface area contributed by atoms with Gasteiger partial charge in [0.2, 0.25) is 12.5 Å². The maximum atomic E-state index is 14.1. The number of rotatable bonds is 8. The first kappa shape index (κ1) is 31.6. The van der Waals surface area contributed by atoms with Gasteiger partial charge in [0.05, 0.1) is 25.4 Å². The quantitative estimate of drug-likeness (QED) is 0.298. The fourth-order valence-corrected chi connectivity index (χ4v) is 6.95. The number of halogens is 2. The highest BCUT2D eigenvalue weighted by atomic mass is 19.3. The summed E-state index contributed by atoms with van der Waals surface area (Å²) < 4.78 is 34.3. The van der Waals surface area contributed by atoms with Crippen molar-refractivity contribution in [1.29, 1.82) is 0 Å². The predicted molar refractivity (Wildman–Crippen MR) is 172 cm³/mol. The van der Waals surface area contributed by atoms with Gasteiger partial charge in [-0.1, -0.05) is 36.4 Å². The zero-order valence-electron chi connectivity index (χ0n) is 26.2. The number of likely N-dealkylation sites (N-methyl/N-ethyl adjacent to an activating group) is 1. The summed E-state index contributed by atoms with van der Waals surface area (Å²) in [5.74, 6) is -2.30. The lowest BCUT2D eigenvalue weighted by molar-refractivity contribution is -0.128. The fourth-order valence-electron chi connectivity index (χ4n) is 6.95. The van der Waals surface area contributed by atoms with Gasteiger partial charge in [-0.3, -0.25) is 9.69 Å². The molecule has 46 heavy (non-hydrogen) atoms. The highest BCUT2D eigenvalue weighted by Gasteiger charge is 2.43. The summed E-state index contributed by atoms with van der Waals surface area (Å²) in [5, 5.41) is 11.5. The monoisotopic (exact) mass is 631 g/mol. The van der Waals surface area contributed by atoms with E-state index in [2.05, 4.69) is 58.0 Å². The molecule has 2 atom stereocenters. The molecule has 3 aliphatic rings. The molecule has 12 heteroatoms. The van der Waals surface area contributed by atoms with E-state index < -0.39 is 12.0 Å². The third-order valence-electron chi connectivity index (χ3n) is 9.23. The van der Waals surface area contributed by atoms with Crippen LogP contribution in [0.2, 0.25) is 0 Å². The van der Waals surface area contributed by atoms with Gasteiger partial charge in [0, 0.05) is 61.4 Å². The Morgan fingerprint density at radius 2 is 1.96 bits per heavy atom. The van der Waals surface area contributed by atoms with Crippen LogP contribution in [0.25, 0.3) is 15.6 Å². The summed E-state index contributed by atoms with van der Waals surface area (Å²) in [4.78, 5) is 33.8. The largest absolute Gasteiger partial charge is 0.462 e. The Balaban J connectivity index is 1.32. The third-order valence-corrected chi connectivity index (χ3v) is 9.23. The lowest BCUT2D eigenvalue weighted by atomic mass is 9.99. The topological polar surface area (TPSA) is 89.6 Å². The van der Waals surface area contributed by atoms with Crippen molar-refractivity contribution in [3.63, 3.8) is 0 Å². The van der Waals surface area contributed by atoms with Crippen LogP contribution in [0.3, 0.4) is 0 Å². The summed E-state index contributed by atoms with van der Waals surface area (Å²) in [6.45, 7) is 11.8. The molecule has 0 bridgehead atoms. The molecular weight excluding hydrogens is 592 g/mol. The number of amides is 1. The number of carbonyl (C=O) groups is 1. The molecule has 242 valence electrons. The van der Waals surface area contributed by atoms with Crippen LogP contribution >= 0.6 is 0 Å². The number of piperazine rings is 1. The summed E-state index contributed by atoms with van der Waals surface area (Å²) in [6.07, 6.45) is 3.14. The molecule has 3 aromatic rings. The molecule has 0 radical (unpaired) electrons. The lowest BCUT2D eigenvalue weighted by Gasteiger charge is -2.41. The van der Waals surface area contributed by atoms with Gasteiger partial charge in [-0.25, -0.2) is 15.4 Å². The Labute approximate surface area is 267 Å². The Morgan fingerprint density at radius 1 is 1.15 bits per heavy atom. The minimum atomic E-state index is -2.76. The van der Waals surface area contributed by atoms with Gasteiger partial charge in [-0.05, 0) is 37.4 Å². The minimum Gasteiger partial charge on any atom is -0.462 e. The Hall–Kier alpha value is -4.34. The zero-order chi connectivity index (χ0) is 32.4. The summed E-state index contributed by atoms with van der Waals surface area (Å²) in [7, 11) is 1.67. The molecule has 0 aliphatic carbocycles. The number of aryl methyl sites for hydroxylation is 1. The van der Waals surface area contributed by atoms with Crippen LogP contribution in [-0.4, -0.2) is 108 Å². The average molecular weight is 632 g/mol. The van der Waals surface area contributed by atoms with Crippen LogP contribution in [0.1, 0.15) is 23.2 Å². The van der Waals surface area contributed by atoms with E-state index in [0.29, 0.717) is 38.4 Å². The number of fused-ring (bicyclic) bond motifs is 2. The average Bonchev–Trinajstić information content (AvgIpc) is 3.32. The fraction of sp³-hybridized carbons (Fsp3) is 0.471. The molecule has 3 aliphatic heterocycles. The Morgan fingerprint density at radius 3 is 2.70 bits per heavy atom. The van der Waals surface area contributed by atoms with Gasteiger partial charge in [0.1, 0.15) is 18.5 Å². The number of nitrogens with zero attached hydrogens (tertiary/aromatic N) is 7. The second-order valence-electron chi connectivity index (χ2n) is 12.4. The zero-order valence-corrected chi connectivity index (χ0v) is 26.2. The van der Waals surface area contributed by atoms with Crippen LogP contribution < -0.4 is 14.5 Å². The number of aromatic nitrogens is 2. The highest BCUT2D eigenvalue weighted by molar-refractivity contribution is 5.97. The first-order valence-corrected chi connectivity index (χ1v) is 15.7. The third kappa shape index (κ3) is 6.48. The van der Waals surface area contributed by atoms with Crippen molar-refractivity contribution in [2.24, 2.45) is 0 Å². The number of likely N-dealkylation sites (tertiary alicyclic amines) is 1. The van der Waals surface area contributed by atoms with Crippen LogP contribution in [0.15, 0.2) is 48.6 Å². The number of aliphatic hydroxyl groups is 1. The molecule has 6 rings (SSSR count). The van der Waals surface area contributed by atoms with E-state index in [1.54, 1.807) is 16.8 Å². The van der Waals surface area contributed by atoms with Gasteiger partial charge in [-0.15, -0.1) is 0 Å². The number of carbonyl (C=O) groups excluding carboxylic acids is 1. The van der Waals surface area contributed by atoms with Crippen molar-refractivity contribution in [3.8, 4) is 6.01 Å². The molecule has 0 saturated carbocycles. The smallest absolute Gasteiger partial charge is 0.318 e. The number of hydrogen-bond acceptors (Lipinski definition) is 8. The molecule has 10 nitrogen and oxygen atoms in total. The van der Waals surface area contributed by atoms with Gasteiger partial charge in [0.15, 0.2) is 0 Å². The molecule has 1 aromatic heterocycles. The number of alkyl halides is 2. The summed E-state index contributed by atoms with van der Waals surface area (Å²) in [6, 6.07) is 11.9. The van der Waals surface area contributed by atoms with Crippen LogP contribution in [0, 0.1) is 13.5 Å². The number of anilines is 2. The highest BCUT2D eigenvalue weighted by Crippen LogP contribution is 2.36. The van der Waals surface area contributed by atoms with E-state index in [4.69, 9.17) is 26.4 Å². The molecule has 0 unspecified atom stereocenters. The predicted octanol–water partition coefficient (Wildman–Crippen LogP) is 3.70. The molecule has 2 saturated heterocycles. The first-order chi connectivity index (χ1) is 22.2. The molecule has 1 amide bonds. The molecule has 2 aromatic carbocycles. The maximum Gasteiger partial charge on any atom is 0.318 e. The van der Waals surface area contributed by atoms with E-state index in [-0.39, 0.29) is 50.7 Å². The van der Waals surface area contributed by atoms with E-state index in [9.17, 15) is 13.6 Å². The van der Waals surface area contributed by atoms with E-state index in [1.165, 1.54) is 28.5 Å². The molecular formula is C34H39F2N7O3. The van der Waals surface area contributed by atoms with Gasteiger partial charge in [-0.2, -0.15) is 9.97 Å². The molecule has 2 fully saturated rings. The van der Waals surface area contributed by atoms with E-state index >= 15 is 0 Å². The molecule has 4 heterocycles. The number of hydrogen-bond donors (Lipinski definition) is 1. The lowest BCUT2D eigenvalue weighted by Crippen LogP contribution is -2.56.